The second kappa shape index (κ2) is 7.47. The molecule has 1 unspecified atom stereocenters. The number of carbonyl (C=O) groups is 2. The van der Waals surface area contributed by atoms with Gasteiger partial charge in [-0.2, -0.15) is 0 Å². The average molecular weight is 345 g/mol. The molecule has 1 aliphatic heterocycles. The molecule has 0 aliphatic carbocycles. The Balaban J connectivity index is 1.60. The van der Waals surface area contributed by atoms with Crippen molar-refractivity contribution in [1.29, 1.82) is 0 Å². The fraction of sp³-hybridized carbons (Fsp3) is 0.222. The first kappa shape index (κ1) is 16.5. The predicted molar refractivity (Wildman–Crippen MR) is 92.3 cm³/mol. The lowest BCUT2D eigenvalue weighted by atomic mass is 10.2. The van der Waals surface area contributed by atoms with Crippen molar-refractivity contribution in [3.8, 4) is 0 Å². The molecule has 2 amide bonds. The van der Waals surface area contributed by atoms with Crippen molar-refractivity contribution in [3.05, 3.63) is 65.2 Å². The quantitative estimate of drug-likeness (QED) is 0.927. The lowest BCUT2D eigenvalue weighted by Gasteiger charge is -2.32. The summed E-state index contributed by atoms with van der Waals surface area (Å²) in [5.41, 5.74) is 1.37. The Morgan fingerprint density at radius 1 is 1.17 bits per heavy atom. The second-order valence-corrected chi connectivity index (χ2v) is 5.93. The van der Waals surface area contributed by atoms with Gasteiger partial charge < -0.3 is 15.0 Å². The molecule has 0 bridgehead atoms. The molecule has 2 aromatic rings. The number of hydrogen-bond donors (Lipinski definition) is 1. The van der Waals surface area contributed by atoms with Crippen LogP contribution in [0.15, 0.2) is 54.6 Å². The number of benzene rings is 2. The lowest BCUT2D eigenvalue weighted by Crippen LogP contribution is -2.50. The lowest BCUT2D eigenvalue weighted by molar-refractivity contribution is -0.129. The second-order valence-electron chi connectivity index (χ2n) is 5.49. The van der Waals surface area contributed by atoms with Gasteiger partial charge in [0, 0.05) is 22.8 Å². The van der Waals surface area contributed by atoms with E-state index in [-0.39, 0.29) is 24.5 Å². The number of anilines is 1. The number of amides is 2. The highest BCUT2D eigenvalue weighted by atomic mass is 35.5. The van der Waals surface area contributed by atoms with Crippen molar-refractivity contribution >= 4 is 29.1 Å². The molecule has 1 atom stereocenters. The summed E-state index contributed by atoms with van der Waals surface area (Å²) in [6.07, 6.45) is -0.258. The van der Waals surface area contributed by atoms with Crippen molar-refractivity contribution in [2.45, 2.75) is 6.10 Å². The largest absolute Gasteiger partial charge is 0.365 e. The van der Waals surface area contributed by atoms with E-state index in [0.29, 0.717) is 23.7 Å². The topological polar surface area (TPSA) is 58.6 Å². The summed E-state index contributed by atoms with van der Waals surface area (Å²) in [6, 6.07) is 16.1. The van der Waals surface area contributed by atoms with Crippen molar-refractivity contribution in [1.82, 2.24) is 5.32 Å². The maximum atomic E-state index is 12.1. The molecule has 1 saturated heterocycles. The minimum Gasteiger partial charge on any atom is -0.365 e. The molecule has 1 fully saturated rings. The normalized spacial score (nSPS) is 17.6. The molecule has 6 heteroatoms. The van der Waals surface area contributed by atoms with Crippen LogP contribution in [-0.2, 0) is 9.53 Å². The molecule has 0 saturated carbocycles. The molecule has 5 nitrogen and oxygen atoms in total. The molecular weight excluding hydrogens is 328 g/mol. The molecule has 3 rings (SSSR count). The van der Waals surface area contributed by atoms with Gasteiger partial charge in [-0.3, -0.25) is 9.59 Å². The van der Waals surface area contributed by atoms with Crippen LogP contribution in [0.5, 0.6) is 0 Å². The third kappa shape index (κ3) is 3.93. The molecule has 24 heavy (non-hydrogen) atoms. The highest BCUT2D eigenvalue weighted by molar-refractivity contribution is 6.30. The standard InChI is InChI=1S/C18H17ClN2O3/c19-14-6-8-15(9-7-14)21-11-16(24-12-17(21)22)10-20-18(23)13-4-2-1-3-5-13/h1-9,16H,10-12H2,(H,20,23). The van der Waals surface area contributed by atoms with Gasteiger partial charge in [-0.25, -0.2) is 0 Å². The van der Waals surface area contributed by atoms with Crippen LogP contribution in [0.2, 0.25) is 5.02 Å². The van der Waals surface area contributed by atoms with Gasteiger partial charge in [-0.05, 0) is 36.4 Å². The van der Waals surface area contributed by atoms with E-state index < -0.39 is 0 Å². The summed E-state index contributed by atoms with van der Waals surface area (Å²) < 4.78 is 5.52. The summed E-state index contributed by atoms with van der Waals surface area (Å²) in [7, 11) is 0. The number of ether oxygens (including phenoxy) is 1. The minimum absolute atomic E-state index is 0.00546. The van der Waals surface area contributed by atoms with Crippen molar-refractivity contribution in [2.24, 2.45) is 0 Å². The van der Waals surface area contributed by atoms with E-state index in [1.807, 2.05) is 18.2 Å². The molecule has 124 valence electrons. The van der Waals surface area contributed by atoms with Crippen LogP contribution in [0.3, 0.4) is 0 Å². The van der Waals surface area contributed by atoms with Crippen LogP contribution >= 0.6 is 11.6 Å². The van der Waals surface area contributed by atoms with Gasteiger partial charge in [0.25, 0.3) is 11.8 Å². The highest BCUT2D eigenvalue weighted by Crippen LogP contribution is 2.21. The smallest absolute Gasteiger partial charge is 0.253 e. The number of halogens is 1. The first-order valence-corrected chi connectivity index (χ1v) is 8.02. The van der Waals surface area contributed by atoms with Gasteiger partial charge in [-0.15, -0.1) is 0 Å². The maximum Gasteiger partial charge on any atom is 0.253 e. The van der Waals surface area contributed by atoms with Crippen LogP contribution in [0.4, 0.5) is 5.69 Å². The predicted octanol–water partition coefficient (Wildman–Crippen LogP) is 2.50. The van der Waals surface area contributed by atoms with E-state index >= 15 is 0 Å². The number of morpholine rings is 1. The number of carbonyl (C=O) groups excluding carboxylic acids is 2. The summed E-state index contributed by atoms with van der Waals surface area (Å²) >= 11 is 5.88. The van der Waals surface area contributed by atoms with E-state index in [2.05, 4.69) is 5.32 Å². The monoisotopic (exact) mass is 344 g/mol. The van der Waals surface area contributed by atoms with Crippen molar-refractivity contribution in [2.75, 3.05) is 24.6 Å². The maximum absolute atomic E-state index is 12.1. The zero-order valence-electron chi connectivity index (χ0n) is 12.9. The van der Waals surface area contributed by atoms with Gasteiger partial charge in [0.1, 0.15) is 6.61 Å². The van der Waals surface area contributed by atoms with E-state index in [1.54, 1.807) is 41.3 Å². The SMILES string of the molecule is O=C(NCC1CN(c2ccc(Cl)cc2)C(=O)CO1)c1ccccc1. The molecule has 1 heterocycles. The Kier molecular flexibility index (Phi) is 5.13. The zero-order chi connectivity index (χ0) is 16.9. The molecule has 0 radical (unpaired) electrons. The molecule has 0 aromatic heterocycles. The number of rotatable bonds is 4. The van der Waals surface area contributed by atoms with Gasteiger partial charge in [0.15, 0.2) is 0 Å². The van der Waals surface area contributed by atoms with E-state index in [9.17, 15) is 9.59 Å². The molecule has 1 aliphatic rings. The highest BCUT2D eigenvalue weighted by Gasteiger charge is 2.27. The Bertz CT molecular complexity index is 719. The van der Waals surface area contributed by atoms with E-state index in [1.165, 1.54) is 0 Å². The third-order valence-corrected chi connectivity index (χ3v) is 4.05. The third-order valence-electron chi connectivity index (χ3n) is 3.79. The summed E-state index contributed by atoms with van der Waals surface area (Å²) in [5.74, 6) is -0.267. The fourth-order valence-electron chi connectivity index (χ4n) is 2.52. The van der Waals surface area contributed by atoms with Crippen molar-refractivity contribution < 1.29 is 14.3 Å². The zero-order valence-corrected chi connectivity index (χ0v) is 13.7. The molecule has 0 spiro atoms. The average Bonchev–Trinajstić information content (AvgIpc) is 2.62. The van der Waals surface area contributed by atoms with Crippen LogP contribution in [0.25, 0.3) is 0 Å². The Hall–Kier alpha value is -2.37. The van der Waals surface area contributed by atoms with Crippen LogP contribution in [0, 0.1) is 0 Å². The Morgan fingerprint density at radius 3 is 2.58 bits per heavy atom. The number of nitrogens with one attached hydrogen (secondary N) is 1. The number of hydrogen-bond acceptors (Lipinski definition) is 3. The van der Waals surface area contributed by atoms with Crippen LogP contribution in [-0.4, -0.2) is 37.6 Å². The summed E-state index contributed by atoms with van der Waals surface area (Å²) in [6.45, 7) is 0.717. The van der Waals surface area contributed by atoms with E-state index in [0.717, 1.165) is 5.69 Å². The van der Waals surface area contributed by atoms with Crippen molar-refractivity contribution in [3.63, 3.8) is 0 Å². The minimum atomic E-state index is -0.258. The molecule has 2 aromatic carbocycles. The first-order valence-electron chi connectivity index (χ1n) is 7.64. The van der Waals surface area contributed by atoms with Crippen LogP contribution in [0.1, 0.15) is 10.4 Å². The Morgan fingerprint density at radius 2 is 1.88 bits per heavy atom. The van der Waals surface area contributed by atoms with E-state index in [4.69, 9.17) is 16.3 Å². The first-order chi connectivity index (χ1) is 11.6. The molecule has 1 N–H and O–H groups in total. The Labute approximate surface area is 145 Å². The van der Waals surface area contributed by atoms with Gasteiger partial charge >= 0.3 is 0 Å². The van der Waals surface area contributed by atoms with Crippen LogP contribution < -0.4 is 10.2 Å². The van der Waals surface area contributed by atoms with Gasteiger partial charge in [0.05, 0.1) is 12.6 Å². The van der Waals surface area contributed by atoms with Gasteiger partial charge in [-0.1, -0.05) is 29.8 Å². The summed E-state index contributed by atoms with van der Waals surface area (Å²) in [4.78, 5) is 25.8. The fourth-order valence-corrected chi connectivity index (χ4v) is 2.64. The van der Waals surface area contributed by atoms with Gasteiger partial charge in [0.2, 0.25) is 0 Å². The molecular formula is C18H17ClN2O3. The summed E-state index contributed by atoms with van der Waals surface area (Å²) in [5, 5.41) is 3.46. The number of nitrogens with zero attached hydrogens (tertiary/aromatic N) is 1.